The minimum Gasteiger partial charge on any atom is -0.462 e. The molecule has 1 aliphatic carbocycles. The van der Waals surface area contributed by atoms with Crippen molar-refractivity contribution in [3.8, 4) is 0 Å². The molecule has 0 N–H and O–H groups in total. The molecule has 20 heavy (non-hydrogen) atoms. The maximum absolute atomic E-state index is 12.2. The number of carbonyl (C=O) groups is 1. The summed E-state index contributed by atoms with van der Waals surface area (Å²) >= 11 is 0. The van der Waals surface area contributed by atoms with Crippen molar-refractivity contribution in [2.24, 2.45) is 5.92 Å². The Morgan fingerprint density at radius 1 is 1.10 bits per heavy atom. The second-order valence-electron chi connectivity index (χ2n) is 6.02. The van der Waals surface area contributed by atoms with Gasteiger partial charge in [0.25, 0.3) is 0 Å². The molecule has 1 unspecified atom stereocenters. The van der Waals surface area contributed by atoms with Crippen LogP contribution in [-0.4, -0.2) is 12.1 Å². The summed E-state index contributed by atoms with van der Waals surface area (Å²) < 4.78 is 5.66. The normalized spacial score (nSPS) is 17.7. The van der Waals surface area contributed by atoms with Crippen molar-refractivity contribution < 1.29 is 9.53 Å². The number of rotatable bonds is 10. The van der Waals surface area contributed by atoms with Crippen molar-refractivity contribution in [2.75, 3.05) is 0 Å². The van der Waals surface area contributed by atoms with Gasteiger partial charge in [-0.25, -0.2) is 0 Å². The lowest BCUT2D eigenvalue weighted by Crippen LogP contribution is -2.22. The van der Waals surface area contributed by atoms with Gasteiger partial charge < -0.3 is 4.74 Å². The molecule has 1 fully saturated rings. The molecule has 0 aromatic carbocycles. The summed E-state index contributed by atoms with van der Waals surface area (Å²) in [5, 5.41) is 0. The van der Waals surface area contributed by atoms with Gasteiger partial charge in [0.05, 0.1) is 5.92 Å². The quantitative estimate of drug-likeness (QED) is 0.303. The van der Waals surface area contributed by atoms with Crippen LogP contribution in [0.1, 0.15) is 84.5 Å². The Bertz CT molecular complexity index is 277. The topological polar surface area (TPSA) is 26.3 Å². The van der Waals surface area contributed by atoms with Crippen LogP contribution in [0.5, 0.6) is 0 Å². The van der Waals surface area contributed by atoms with E-state index in [-0.39, 0.29) is 18.0 Å². The van der Waals surface area contributed by atoms with Gasteiger partial charge in [-0.2, -0.15) is 0 Å². The van der Waals surface area contributed by atoms with Gasteiger partial charge in [-0.05, 0) is 57.8 Å². The van der Waals surface area contributed by atoms with Gasteiger partial charge in [0, 0.05) is 0 Å². The van der Waals surface area contributed by atoms with Crippen molar-refractivity contribution >= 4 is 5.97 Å². The first-order valence-corrected chi connectivity index (χ1v) is 8.63. The molecule has 0 amide bonds. The third kappa shape index (κ3) is 7.12. The maximum Gasteiger partial charge on any atom is 0.309 e. The number of hydrogen-bond donors (Lipinski definition) is 0. The average Bonchev–Trinajstić information content (AvgIpc) is 2.94. The zero-order valence-electron chi connectivity index (χ0n) is 13.4. The van der Waals surface area contributed by atoms with E-state index < -0.39 is 0 Å². The van der Waals surface area contributed by atoms with Gasteiger partial charge >= 0.3 is 5.97 Å². The van der Waals surface area contributed by atoms with Crippen LogP contribution >= 0.6 is 0 Å². The predicted octanol–water partition coefficient (Wildman–Crippen LogP) is 5.42. The van der Waals surface area contributed by atoms with E-state index in [4.69, 9.17) is 4.74 Å². The molecule has 0 heterocycles. The first kappa shape index (κ1) is 17.3. The second-order valence-corrected chi connectivity index (χ2v) is 6.02. The fourth-order valence-electron chi connectivity index (χ4n) is 2.88. The lowest BCUT2D eigenvalue weighted by molar-refractivity contribution is -0.154. The highest BCUT2D eigenvalue weighted by Gasteiger charge is 2.24. The summed E-state index contributed by atoms with van der Waals surface area (Å²) in [6, 6.07) is 0. The smallest absolute Gasteiger partial charge is 0.309 e. The Morgan fingerprint density at radius 3 is 2.45 bits per heavy atom. The van der Waals surface area contributed by atoms with Crippen LogP contribution in [0.25, 0.3) is 0 Å². The van der Waals surface area contributed by atoms with Gasteiger partial charge in [-0.15, -0.1) is 0 Å². The third-order valence-corrected chi connectivity index (χ3v) is 4.10. The molecule has 0 aromatic rings. The Hall–Kier alpha value is -0.790. The van der Waals surface area contributed by atoms with Gasteiger partial charge in [0.2, 0.25) is 0 Å². The molecule has 1 saturated carbocycles. The summed E-state index contributed by atoms with van der Waals surface area (Å²) in [4.78, 5) is 12.2. The molecule has 0 radical (unpaired) electrons. The number of ether oxygens (including phenoxy) is 1. The summed E-state index contributed by atoms with van der Waals surface area (Å²) in [6.45, 7) is 4.34. The highest BCUT2D eigenvalue weighted by Crippen LogP contribution is 2.24. The molecule has 0 saturated heterocycles. The van der Waals surface area contributed by atoms with Crippen molar-refractivity contribution in [2.45, 2.75) is 90.6 Å². The molecule has 0 aromatic heterocycles. The lowest BCUT2D eigenvalue weighted by Gasteiger charge is -2.18. The van der Waals surface area contributed by atoms with Gasteiger partial charge in [0.1, 0.15) is 6.10 Å². The molecule has 0 bridgehead atoms. The fourth-order valence-corrected chi connectivity index (χ4v) is 2.88. The number of unbranched alkanes of at least 4 members (excludes halogenated alkanes) is 2. The number of carbonyl (C=O) groups excluding carboxylic acids is 1. The Labute approximate surface area is 125 Å². The minimum atomic E-state index is 0.0660. The van der Waals surface area contributed by atoms with E-state index in [1.807, 2.05) is 0 Å². The van der Waals surface area contributed by atoms with E-state index in [9.17, 15) is 4.79 Å². The zero-order valence-corrected chi connectivity index (χ0v) is 13.4. The molecular formula is C18H32O2. The largest absolute Gasteiger partial charge is 0.462 e. The van der Waals surface area contributed by atoms with Crippen molar-refractivity contribution in [3.63, 3.8) is 0 Å². The van der Waals surface area contributed by atoms with Crippen LogP contribution in [0.3, 0.4) is 0 Å². The first-order chi connectivity index (χ1) is 9.77. The number of hydrogen-bond acceptors (Lipinski definition) is 2. The fraction of sp³-hybridized carbons (Fsp3) is 0.833. The standard InChI is InChI=1S/C18H32O2/c1-3-5-6-7-8-9-13-16(12-4-2)18(19)20-17-14-10-11-15-17/h6-7,16-17H,3-5,8-15H2,1-2H3/b7-6+. The maximum atomic E-state index is 12.2. The first-order valence-electron chi connectivity index (χ1n) is 8.63. The lowest BCUT2D eigenvalue weighted by atomic mass is 9.97. The summed E-state index contributed by atoms with van der Waals surface area (Å²) in [5.74, 6) is 0.191. The zero-order chi connectivity index (χ0) is 14.6. The predicted molar refractivity (Wildman–Crippen MR) is 84.6 cm³/mol. The summed E-state index contributed by atoms with van der Waals surface area (Å²) in [6.07, 6.45) is 16.9. The monoisotopic (exact) mass is 280 g/mol. The molecule has 0 aliphatic heterocycles. The van der Waals surface area contributed by atoms with Crippen molar-refractivity contribution in [3.05, 3.63) is 12.2 Å². The van der Waals surface area contributed by atoms with E-state index in [0.29, 0.717) is 0 Å². The van der Waals surface area contributed by atoms with Gasteiger partial charge in [0.15, 0.2) is 0 Å². The van der Waals surface area contributed by atoms with Crippen LogP contribution in [-0.2, 0) is 9.53 Å². The highest BCUT2D eigenvalue weighted by atomic mass is 16.5. The van der Waals surface area contributed by atoms with Crippen LogP contribution in [0.4, 0.5) is 0 Å². The van der Waals surface area contributed by atoms with Crippen molar-refractivity contribution in [1.29, 1.82) is 0 Å². The Kier molecular flexibility index (Phi) is 9.44. The molecule has 0 spiro atoms. The minimum absolute atomic E-state index is 0.0660. The summed E-state index contributed by atoms with van der Waals surface area (Å²) in [7, 11) is 0. The van der Waals surface area contributed by atoms with Gasteiger partial charge in [-0.3, -0.25) is 4.79 Å². The molecule has 1 rings (SSSR count). The van der Waals surface area contributed by atoms with Crippen LogP contribution in [0, 0.1) is 5.92 Å². The van der Waals surface area contributed by atoms with E-state index in [1.54, 1.807) is 0 Å². The van der Waals surface area contributed by atoms with Crippen LogP contribution < -0.4 is 0 Å². The number of esters is 1. The molecule has 1 aliphatic rings. The molecular weight excluding hydrogens is 248 g/mol. The van der Waals surface area contributed by atoms with Crippen LogP contribution in [0.15, 0.2) is 12.2 Å². The van der Waals surface area contributed by atoms with Crippen molar-refractivity contribution in [1.82, 2.24) is 0 Å². The molecule has 116 valence electrons. The van der Waals surface area contributed by atoms with Crippen LogP contribution in [0.2, 0.25) is 0 Å². The third-order valence-electron chi connectivity index (χ3n) is 4.10. The average molecular weight is 280 g/mol. The second kappa shape index (κ2) is 10.9. The molecule has 1 atom stereocenters. The van der Waals surface area contributed by atoms with E-state index >= 15 is 0 Å². The SMILES string of the molecule is CCC/C=C/CCCC(CCC)C(=O)OC1CCCC1. The van der Waals surface area contributed by atoms with E-state index in [1.165, 1.54) is 25.7 Å². The van der Waals surface area contributed by atoms with E-state index in [2.05, 4.69) is 26.0 Å². The van der Waals surface area contributed by atoms with E-state index in [0.717, 1.165) is 44.9 Å². The molecule has 2 nitrogen and oxygen atoms in total. The molecule has 2 heteroatoms. The highest BCUT2D eigenvalue weighted by molar-refractivity contribution is 5.72. The van der Waals surface area contributed by atoms with Gasteiger partial charge in [-0.1, -0.05) is 38.8 Å². The Balaban J connectivity index is 2.25. The Morgan fingerprint density at radius 2 is 1.80 bits per heavy atom. The summed E-state index contributed by atoms with van der Waals surface area (Å²) in [5.41, 5.74) is 0. The number of allylic oxidation sites excluding steroid dienone is 2.